The minimum atomic E-state index is -0.204. The molecule has 29 heavy (non-hydrogen) atoms. The molecule has 1 aromatic rings. The molecule has 2 aliphatic rings. The zero-order valence-corrected chi connectivity index (χ0v) is 18.0. The van der Waals surface area contributed by atoms with E-state index < -0.39 is 0 Å². The van der Waals surface area contributed by atoms with Gasteiger partial charge in [0.05, 0.1) is 11.9 Å². The minimum Gasteiger partial charge on any atom is -0.389 e. The molecule has 3 unspecified atom stereocenters. The SMILES string of the molecule is C=CNCC(N=C(C)N)C1(C)CC(NC(=O)c2cccc3c2CCCC3)CN1C. The van der Waals surface area contributed by atoms with Crippen molar-refractivity contribution in [3.05, 3.63) is 47.7 Å². The van der Waals surface area contributed by atoms with Crippen LogP contribution in [0, 0.1) is 0 Å². The fraction of sp³-hybridized carbons (Fsp3) is 0.565. The van der Waals surface area contributed by atoms with Crippen molar-refractivity contribution in [2.75, 3.05) is 20.1 Å². The summed E-state index contributed by atoms with van der Waals surface area (Å²) in [6, 6.07) is 6.20. The zero-order valence-electron chi connectivity index (χ0n) is 18.0. The zero-order chi connectivity index (χ0) is 21.0. The van der Waals surface area contributed by atoms with Gasteiger partial charge in [0.15, 0.2) is 0 Å². The van der Waals surface area contributed by atoms with Crippen LogP contribution in [0.25, 0.3) is 0 Å². The highest BCUT2D eigenvalue weighted by Gasteiger charge is 2.46. The molecular formula is C23H35N5O. The number of hydrogen-bond acceptors (Lipinski definition) is 4. The molecule has 158 valence electrons. The molecule has 0 spiro atoms. The number of benzene rings is 1. The van der Waals surface area contributed by atoms with Crippen molar-refractivity contribution >= 4 is 11.7 Å². The van der Waals surface area contributed by atoms with E-state index in [9.17, 15) is 4.79 Å². The molecule has 3 rings (SSSR count). The minimum absolute atomic E-state index is 0.0260. The number of hydrogen-bond donors (Lipinski definition) is 3. The quantitative estimate of drug-likeness (QED) is 0.487. The van der Waals surface area contributed by atoms with Gasteiger partial charge in [-0.25, -0.2) is 0 Å². The van der Waals surface area contributed by atoms with E-state index in [1.165, 1.54) is 17.5 Å². The Morgan fingerprint density at radius 2 is 2.21 bits per heavy atom. The number of amidine groups is 1. The molecule has 0 radical (unpaired) electrons. The summed E-state index contributed by atoms with van der Waals surface area (Å²) in [4.78, 5) is 20.1. The molecule has 3 atom stereocenters. The average molecular weight is 398 g/mol. The number of rotatable bonds is 7. The monoisotopic (exact) mass is 397 g/mol. The van der Waals surface area contributed by atoms with Gasteiger partial charge in [-0.1, -0.05) is 18.7 Å². The van der Waals surface area contributed by atoms with Crippen LogP contribution in [0.1, 0.15) is 54.6 Å². The van der Waals surface area contributed by atoms with Crippen LogP contribution in [0.2, 0.25) is 0 Å². The summed E-state index contributed by atoms with van der Waals surface area (Å²) in [5.74, 6) is 0.615. The summed E-state index contributed by atoms with van der Waals surface area (Å²) in [5, 5.41) is 6.47. The Balaban J connectivity index is 1.74. The number of amides is 1. The van der Waals surface area contributed by atoms with Crippen molar-refractivity contribution in [3.8, 4) is 0 Å². The number of likely N-dealkylation sites (N-methyl/N-ethyl adjacent to an activating group) is 1. The largest absolute Gasteiger partial charge is 0.389 e. The maximum atomic E-state index is 13.1. The fourth-order valence-corrected chi connectivity index (χ4v) is 4.85. The number of nitrogens with two attached hydrogens (primary N) is 1. The van der Waals surface area contributed by atoms with Gasteiger partial charge in [0, 0.05) is 30.2 Å². The average Bonchev–Trinajstić information content (AvgIpc) is 2.98. The first kappa shape index (κ1) is 21.4. The third kappa shape index (κ3) is 4.64. The van der Waals surface area contributed by atoms with Crippen molar-refractivity contribution < 1.29 is 4.79 Å². The maximum Gasteiger partial charge on any atom is 0.251 e. The normalized spacial score (nSPS) is 25.9. The van der Waals surface area contributed by atoms with Crippen LogP contribution in [0.5, 0.6) is 0 Å². The van der Waals surface area contributed by atoms with Crippen LogP contribution in [0.3, 0.4) is 0 Å². The van der Waals surface area contributed by atoms with Gasteiger partial charge in [-0.3, -0.25) is 14.7 Å². The lowest BCUT2D eigenvalue weighted by molar-refractivity contribution is 0.0937. The summed E-state index contributed by atoms with van der Waals surface area (Å²) in [7, 11) is 2.10. The number of nitrogens with one attached hydrogen (secondary N) is 2. The molecule has 1 aliphatic carbocycles. The Hall–Kier alpha value is -2.34. The first-order valence-corrected chi connectivity index (χ1v) is 10.6. The number of aliphatic imine (C=N–C) groups is 1. The standard InChI is InChI=1S/C23H35N5O/c1-5-25-14-21(26-16(2)24)23(3)13-18(15-28(23)4)27-22(29)20-12-8-10-17-9-6-7-11-19(17)20/h5,8,10,12,18,21,25H,1,6-7,9,11,13-15H2,2-4H3,(H2,24,26)(H,27,29). The fourth-order valence-electron chi connectivity index (χ4n) is 4.85. The van der Waals surface area contributed by atoms with E-state index in [1.807, 2.05) is 19.1 Å². The first-order chi connectivity index (χ1) is 13.8. The third-order valence-electron chi connectivity index (χ3n) is 6.53. The van der Waals surface area contributed by atoms with Gasteiger partial charge < -0.3 is 16.4 Å². The van der Waals surface area contributed by atoms with E-state index in [-0.39, 0.29) is 23.5 Å². The number of fused-ring (bicyclic) bond motifs is 1. The highest BCUT2D eigenvalue weighted by molar-refractivity contribution is 5.96. The molecule has 6 heteroatoms. The second kappa shape index (κ2) is 8.99. The third-order valence-corrected chi connectivity index (χ3v) is 6.53. The van der Waals surface area contributed by atoms with Gasteiger partial charge in [-0.05, 0) is 76.4 Å². The smallest absolute Gasteiger partial charge is 0.251 e. The molecule has 4 N–H and O–H groups in total. The number of nitrogens with zero attached hydrogens (tertiary/aromatic N) is 2. The lowest BCUT2D eigenvalue weighted by Gasteiger charge is -2.37. The Morgan fingerprint density at radius 1 is 1.45 bits per heavy atom. The topological polar surface area (TPSA) is 82.7 Å². The molecule has 6 nitrogen and oxygen atoms in total. The Kier molecular flexibility index (Phi) is 6.63. The number of carbonyl (C=O) groups excluding carboxylic acids is 1. The summed E-state index contributed by atoms with van der Waals surface area (Å²) < 4.78 is 0. The molecule has 1 amide bonds. The number of aryl methyl sites for hydroxylation is 1. The molecule has 0 aromatic heterocycles. The molecule has 1 fully saturated rings. The van der Waals surface area contributed by atoms with E-state index in [1.54, 1.807) is 6.20 Å². The van der Waals surface area contributed by atoms with Crippen molar-refractivity contribution in [1.29, 1.82) is 0 Å². The summed E-state index contributed by atoms with van der Waals surface area (Å²) in [6.07, 6.45) is 6.96. The number of carbonyl (C=O) groups is 1. The van der Waals surface area contributed by atoms with Crippen LogP contribution in [-0.2, 0) is 12.8 Å². The van der Waals surface area contributed by atoms with E-state index in [0.717, 1.165) is 37.8 Å². The maximum absolute atomic E-state index is 13.1. The van der Waals surface area contributed by atoms with Crippen LogP contribution < -0.4 is 16.4 Å². The Labute approximate surface area is 174 Å². The van der Waals surface area contributed by atoms with Gasteiger partial charge in [0.25, 0.3) is 5.91 Å². The van der Waals surface area contributed by atoms with E-state index in [2.05, 4.69) is 47.1 Å². The van der Waals surface area contributed by atoms with Gasteiger partial charge >= 0.3 is 0 Å². The van der Waals surface area contributed by atoms with Gasteiger partial charge in [-0.2, -0.15) is 0 Å². The van der Waals surface area contributed by atoms with Crippen molar-refractivity contribution in [2.45, 2.75) is 63.6 Å². The molecule has 1 saturated heterocycles. The predicted molar refractivity (Wildman–Crippen MR) is 119 cm³/mol. The van der Waals surface area contributed by atoms with Crippen LogP contribution >= 0.6 is 0 Å². The van der Waals surface area contributed by atoms with Gasteiger partial charge in [-0.15, -0.1) is 0 Å². The molecule has 1 aromatic carbocycles. The Morgan fingerprint density at radius 3 is 2.93 bits per heavy atom. The highest BCUT2D eigenvalue weighted by Crippen LogP contribution is 2.33. The molecule has 0 saturated carbocycles. The summed E-state index contributed by atoms with van der Waals surface area (Å²) in [6.45, 7) is 9.21. The van der Waals surface area contributed by atoms with Crippen LogP contribution in [0.4, 0.5) is 0 Å². The first-order valence-electron chi connectivity index (χ1n) is 10.6. The van der Waals surface area contributed by atoms with E-state index in [0.29, 0.717) is 12.4 Å². The van der Waals surface area contributed by atoms with Gasteiger partial charge in [0.1, 0.15) is 0 Å². The molecule has 0 bridgehead atoms. The van der Waals surface area contributed by atoms with Crippen molar-refractivity contribution in [2.24, 2.45) is 10.7 Å². The predicted octanol–water partition coefficient (Wildman–Crippen LogP) is 2.24. The Bertz CT molecular complexity index is 785. The molecule has 1 heterocycles. The number of likely N-dealkylation sites (tertiary alicyclic amines) is 1. The van der Waals surface area contributed by atoms with Crippen LogP contribution in [0.15, 0.2) is 36.0 Å². The van der Waals surface area contributed by atoms with Crippen molar-refractivity contribution in [3.63, 3.8) is 0 Å². The lowest BCUT2D eigenvalue weighted by Crippen LogP contribution is -2.51. The summed E-state index contributed by atoms with van der Waals surface area (Å²) in [5.41, 5.74) is 9.12. The molecule has 1 aliphatic heterocycles. The van der Waals surface area contributed by atoms with Gasteiger partial charge in [0.2, 0.25) is 0 Å². The second-order valence-corrected chi connectivity index (χ2v) is 8.66. The lowest BCUT2D eigenvalue weighted by atomic mass is 9.87. The molecular weight excluding hydrogens is 362 g/mol. The second-order valence-electron chi connectivity index (χ2n) is 8.66. The summed E-state index contributed by atoms with van der Waals surface area (Å²) >= 11 is 0. The van der Waals surface area contributed by atoms with Crippen LogP contribution in [-0.4, -0.2) is 54.4 Å². The van der Waals surface area contributed by atoms with E-state index in [4.69, 9.17) is 5.73 Å². The highest BCUT2D eigenvalue weighted by atomic mass is 16.1. The van der Waals surface area contributed by atoms with Crippen molar-refractivity contribution in [1.82, 2.24) is 15.5 Å². The van der Waals surface area contributed by atoms with E-state index >= 15 is 0 Å².